The Balaban J connectivity index is 1.95. The highest BCUT2D eigenvalue weighted by Gasteiger charge is 2.13. The quantitative estimate of drug-likeness (QED) is 0.875. The molecule has 0 aromatic carbocycles. The Bertz CT molecular complexity index is 603. The van der Waals surface area contributed by atoms with Gasteiger partial charge in [-0.25, -0.2) is 0 Å². The first-order chi connectivity index (χ1) is 9.83. The van der Waals surface area contributed by atoms with Crippen LogP contribution in [0.15, 0.2) is 33.4 Å². The van der Waals surface area contributed by atoms with E-state index < -0.39 is 0 Å². The predicted molar refractivity (Wildman–Crippen MR) is 86.3 cm³/mol. The van der Waals surface area contributed by atoms with Gasteiger partial charge in [0, 0.05) is 16.2 Å². The summed E-state index contributed by atoms with van der Waals surface area (Å²) in [5, 5.41) is 3.42. The van der Waals surface area contributed by atoms with Crippen LogP contribution in [-0.4, -0.2) is 10.5 Å². The summed E-state index contributed by atoms with van der Waals surface area (Å²) in [6, 6.07) is 3.90. The maximum Gasteiger partial charge on any atom is 0.146 e. The van der Waals surface area contributed by atoms with Crippen LogP contribution in [0.5, 0.6) is 5.75 Å². The van der Waals surface area contributed by atoms with Gasteiger partial charge in [0.1, 0.15) is 23.9 Å². The highest BCUT2D eigenvalue weighted by Crippen LogP contribution is 2.20. The molecule has 0 aliphatic carbocycles. The van der Waals surface area contributed by atoms with Gasteiger partial charge in [-0.1, -0.05) is 0 Å². The minimum atomic E-state index is 0.0673. The van der Waals surface area contributed by atoms with Crippen LogP contribution < -0.4 is 10.1 Å². The first kappa shape index (κ1) is 16.0. The molecule has 2 aromatic heterocycles. The Labute approximate surface area is 134 Å². The molecule has 2 heterocycles. The molecule has 2 rings (SSSR count). The Morgan fingerprint density at radius 2 is 2.05 bits per heavy atom. The summed E-state index contributed by atoms with van der Waals surface area (Å²) in [7, 11) is 0. The van der Waals surface area contributed by atoms with Crippen molar-refractivity contribution in [3.05, 3.63) is 46.1 Å². The lowest BCUT2D eigenvalue weighted by Crippen LogP contribution is -2.35. The van der Waals surface area contributed by atoms with Crippen molar-refractivity contribution < 1.29 is 9.15 Å². The van der Waals surface area contributed by atoms with Crippen molar-refractivity contribution in [3.63, 3.8) is 0 Å². The fraction of sp³-hybridized carbons (Fsp3) is 0.438. The minimum absolute atomic E-state index is 0.0673. The number of furan rings is 1. The fourth-order valence-electron chi connectivity index (χ4n) is 1.81. The van der Waals surface area contributed by atoms with Gasteiger partial charge in [0.25, 0.3) is 0 Å². The smallest absolute Gasteiger partial charge is 0.146 e. The maximum atomic E-state index is 5.84. The van der Waals surface area contributed by atoms with E-state index in [2.05, 4.69) is 47.0 Å². The molecule has 0 atom stereocenters. The highest BCUT2D eigenvalue weighted by molar-refractivity contribution is 9.10. The average molecular weight is 353 g/mol. The molecule has 0 aliphatic rings. The van der Waals surface area contributed by atoms with Crippen LogP contribution in [0.2, 0.25) is 0 Å². The van der Waals surface area contributed by atoms with Crippen LogP contribution in [0.4, 0.5) is 0 Å². The van der Waals surface area contributed by atoms with E-state index in [4.69, 9.17) is 9.15 Å². The van der Waals surface area contributed by atoms with Crippen molar-refractivity contribution in [2.75, 3.05) is 0 Å². The molecule has 0 unspecified atom stereocenters. The third-order valence-electron chi connectivity index (χ3n) is 2.91. The summed E-state index contributed by atoms with van der Waals surface area (Å²) in [5.74, 6) is 2.49. The number of rotatable bonds is 5. The van der Waals surface area contributed by atoms with Crippen molar-refractivity contribution in [1.82, 2.24) is 10.3 Å². The van der Waals surface area contributed by atoms with Crippen molar-refractivity contribution in [1.29, 1.82) is 0 Å². The summed E-state index contributed by atoms with van der Waals surface area (Å²) in [6.45, 7) is 9.57. The van der Waals surface area contributed by atoms with Crippen molar-refractivity contribution >= 4 is 15.9 Å². The molecule has 0 aliphatic heterocycles. The molecule has 0 spiro atoms. The topological polar surface area (TPSA) is 47.3 Å². The number of hydrogen-bond donors (Lipinski definition) is 1. The van der Waals surface area contributed by atoms with Gasteiger partial charge in [-0.15, -0.1) is 0 Å². The van der Waals surface area contributed by atoms with E-state index in [1.165, 1.54) is 0 Å². The molecule has 0 fully saturated rings. The zero-order valence-corrected chi connectivity index (χ0v) is 14.5. The van der Waals surface area contributed by atoms with Gasteiger partial charge in [-0.3, -0.25) is 4.98 Å². The lowest BCUT2D eigenvalue weighted by Gasteiger charge is -2.19. The summed E-state index contributed by atoms with van der Waals surface area (Å²) < 4.78 is 12.4. The first-order valence-electron chi connectivity index (χ1n) is 6.90. The molecule has 2 aromatic rings. The van der Waals surface area contributed by atoms with Gasteiger partial charge >= 0.3 is 0 Å². The third-order valence-corrected chi connectivity index (χ3v) is 3.35. The molecular formula is C16H21BrN2O2. The zero-order valence-electron chi connectivity index (χ0n) is 12.9. The molecule has 21 heavy (non-hydrogen) atoms. The number of aryl methyl sites for hydroxylation is 1. The third kappa shape index (κ3) is 5.17. The molecule has 0 saturated heterocycles. The molecule has 0 amide bonds. The van der Waals surface area contributed by atoms with Gasteiger partial charge in [0.05, 0.1) is 12.7 Å². The van der Waals surface area contributed by atoms with E-state index in [-0.39, 0.29) is 5.54 Å². The fourth-order valence-corrected chi connectivity index (χ4v) is 2.15. The van der Waals surface area contributed by atoms with E-state index in [1.54, 1.807) is 12.4 Å². The minimum Gasteiger partial charge on any atom is -0.484 e. The van der Waals surface area contributed by atoms with E-state index in [0.717, 1.165) is 21.6 Å². The average Bonchev–Trinajstić information content (AvgIpc) is 2.74. The second-order valence-corrected chi connectivity index (χ2v) is 6.97. The second-order valence-electron chi connectivity index (χ2n) is 6.05. The number of ether oxygens (including phenoxy) is 1. The molecular weight excluding hydrogens is 332 g/mol. The summed E-state index contributed by atoms with van der Waals surface area (Å²) >= 11 is 3.37. The van der Waals surface area contributed by atoms with Crippen molar-refractivity contribution in [2.45, 2.75) is 46.4 Å². The Hall–Kier alpha value is -1.33. The summed E-state index contributed by atoms with van der Waals surface area (Å²) in [5.41, 5.74) is 1.20. The molecule has 5 heteroatoms. The van der Waals surface area contributed by atoms with Crippen molar-refractivity contribution in [3.8, 4) is 5.75 Å². The summed E-state index contributed by atoms with van der Waals surface area (Å²) in [4.78, 5) is 4.06. The van der Waals surface area contributed by atoms with Gasteiger partial charge in [0.15, 0.2) is 0 Å². The van der Waals surface area contributed by atoms with Crippen LogP contribution in [-0.2, 0) is 13.2 Å². The first-order valence-corrected chi connectivity index (χ1v) is 7.69. The number of aromatic nitrogens is 1. The molecule has 0 saturated carbocycles. The van der Waals surface area contributed by atoms with E-state index >= 15 is 0 Å². The van der Waals surface area contributed by atoms with Crippen LogP contribution in [0.1, 0.15) is 37.9 Å². The second kappa shape index (κ2) is 6.62. The molecule has 1 N–H and O–H groups in total. The van der Waals surface area contributed by atoms with Gasteiger partial charge in [-0.05, 0) is 61.3 Å². The van der Waals surface area contributed by atoms with Gasteiger partial charge in [0.2, 0.25) is 0 Å². The van der Waals surface area contributed by atoms with Crippen molar-refractivity contribution in [2.24, 2.45) is 0 Å². The lowest BCUT2D eigenvalue weighted by atomic mass is 10.1. The summed E-state index contributed by atoms with van der Waals surface area (Å²) in [6.07, 6.45) is 3.41. The SMILES string of the molecule is Cc1cc(COc2cncc(Br)c2)oc1CNC(C)(C)C. The van der Waals surface area contributed by atoms with Gasteiger partial charge < -0.3 is 14.5 Å². The number of nitrogens with one attached hydrogen (secondary N) is 1. The molecule has 0 bridgehead atoms. The highest BCUT2D eigenvalue weighted by atomic mass is 79.9. The molecule has 4 nitrogen and oxygen atoms in total. The van der Waals surface area contributed by atoms with Crippen LogP contribution >= 0.6 is 15.9 Å². The molecule has 0 radical (unpaired) electrons. The molecule has 114 valence electrons. The number of nitrogens with zero attached hydrogens (tertiary/aromatic N) is 1. The largest absolute Gasteiger partial charge is 0.484 e. The van der Waals surface area contributed by atoms with E-state index in [0.29, 0.717) is 18.9 Å². The number of pyridine rings is 1. The zero-order chi connectivity index (χ0) is 15.5. The van der Waals surface area contributed by atoms with E-state index in [1.807, 2.05) is 19.1 Å². The maximum absolute atomic E-state index is 5.84. The Morgan fingerprint density at radius 3 is 2.71 bits per heavy atom. The lowest BCUT2D eigenvalue weighted by molar-refractivity contribution is 0.262. The number of halogens is 1. The standard InChI is InChI=1S/C16H21BrN2O2/c1-11-5-14(21-15(11)9-19-16(2,3)4)10-20-13-6-12(17)7-18-8-13/h5-8,19H,9-10H2,1-4H3. The normalized spacial score (nSPS) is 11.7. The monoisotopic (exact) mass is 352 g/mol. The van der Waals surface area contributed by atoms with Crippen LogP contribution in [0, 0.1) is 6.92 Å². The Morgan fingerprint density at radius 1 is 1.29 bits per heavy atom. The van der Waals surface area contributed by atoms with Gasteiger partial charge in [-0.2, -0.15) is 0 Å². The van der Waals surface area contributed by atoms with E-state index in [9.17, 15) is 0 Å². The predicted octanol–water partition coefficient (Wildman–Crippen LogP) is 4.21. The van der Waals surface area contributed by atoms with Crippen LogP contribution in [0.25, 0.3) is 0 Å². The Kier molecular flexibility index (Phi) is 5.06. The number of hydrogen-bond acceptors (Lipinski definition) is 4. The van der Waals surface area contributed by atoms with Crippen LogP contribution in [0.3, 0.4) is 0 Å².